The van der Waals surface area contributed by atoms with E-state index in [9.17, 15) is 4.79 Å². The molecule has 0 unspecified atom stereocenters. The second-order valence-electron chi connectivity index (χ2n) is 6.02. The van der Waals surface area contributed by atoms with Crippen molar-refractivity contribution in [1.82, 2.24) is 4.57 Å². The molecule has 0 amide bonds. The molecular formula is C21H19BrN2O4. The van der Waals surface area contributed by atoms with Crippen LogP contribution >= 0.6 is 15.9 Å². The van der Waals surface area contributed by atoms with Gasteiger partial charge in [-0.05, 0) is 35.9 Å². The number of ether oxygens (including phenoxy) is 1. The van der Waals surface area contributed by atoms with Crippen LogP contribution in [0.1, 0.15) is 11.1 Å². The molecule has 1 N–H and O–H groups in total. The van der Waals surface area contributed by atoms with Crippen molar-refractivity contribution in [2.75, 3.05) is 6.61 Å². The van der Waals surface area contributed by atoms with Gasteiger partial charge in [0.05, 0.1) is 6.21 Å². The van der Waals surface area contributed by atoms with Crippen molar-refractivity contribution in [3.05, 3.63) is 76.9 Å². The minimum Gasteiger partial charge on any atom is -0.489 e. The van der Waals surface area contributed by atoms with Crippen LogP contribution in [0.2, 0.25) is 0 Å². The number of halogens is 1. The molecule has 0 spiro atoms. The number of fused-ring (bicyclic) bond motifs is 1. The van der Waals surface area contributed by atoms with E-state index < -0.39 is 12.6 Å². The van der Waals surface area contributed by atoms with Crippen LogP contribution in [0.4, 0.5) is 0 Å². The molecule has 0 saturated heterocycles. The highest BCUT2D eigenvalue weighted by molar-refractivity contribution is 9.10. The second-order valence-corrected chi connectivity index (χ2v) is 6.94. The zero-order chi connectivity index (χ0) is 19.9. The third-order valence-corrected chi connectivity index (χ3v) is 4.45. The molecule has 28 heavy (non-hydrogen) atoms. The fraction of sp³-hybridized carbons (Fsp3) is 0.143. The molecule has 0 aliphatic rings. The normalized spacial score (nSPS) is 11.0. The summed E-state index contributed by atoms with van der Waals surface area (Å²) in [6.45, 7) is 4.38. The molecule has 1 aromatic heterocycles. The zero-order valence-electron chi connectivity index (χ0n) is 15.0. The predicted octanol–water partition coefficient (Wildman–Crippen LogP) is 4.60. The van der Waals surface area contributed by atoms with Crippen molar-refractivity contribution in [3.63, 3.8) is 0 Å². The van der Waals surface area contributed by atoms with Crippen LogP contribution in [0.5, 0.6) is 5.75 Å². The van der Waals surface area contributed by atoms with E-state index in [0.29, 0.717) is 13.2 Å². The Balaban J connectivity index is 1.84. The van der Waals surface area contributed by atoms with E-state index in [4.69, 9.17) is 14.7 Å². The van der Waals surface area contributed by atoms with Crippen LogP contribution in [0, 0.1) is 0 Å². The van der Waals surface area contributed by atoms with Crippen LogP contribution in [-0.2, 0) is 22.8 Å². The first kappa shape index (κ1) is 19.7. The number of aliphatic carboxylic acids is 1. The summed E-state index contributed by atoms with van der Waals surface area (Å²) in [6.07, 6.45) is 5.22. The smallest absolute Gasteiger partial charge is 0.344 e. The van der Waals surface area contributed by atoms with Crippen molar-refractivity contribution >= 4 is 39.0 Å². The van der Waals surface area contributed by atoms with Crippen molar-refractivity contribution in [2.45, 2.75) is 13.2 Å². The number of hydrogen-bond acceptors (Lipinski definition) is 4. The van der Waals surface area contributed by atoms with Crippen molar-refractivity contribution < 1.29 is 19.5 Å². The maximum atomic E-state index is 10.5. The summed E-state index contributed by atoms with van der Waals surface area (Å²) < 4.78 is 8.96. The van der Waals surface area contributed by atoms with Gasteiger partial charge in [-0.2, -0.15) is 0 Å². The minimum absolute atomic E-state index is 0.448. The average molecular weight is 443 g/mol. The summed E-state index contributed by atoms with van der Waals surface area (Å²) >= 11 is 3.46. The van der Waals surface area contributed by atoms with E-state index in [1.165, 1.54) is 6.21 Å². The van der Waals surface area contributed by atoms with Gasteiger partial charge >= 0.3 is 5.97 Å². The van der Waals surface area contributed by atoms with Gasteiger partial charge in [-0.15, -0.1) is 6.58 Å². The SMILES string of the molecule is C=CCn1cc(C=NOCC(=O)O)c2cc(OCc3cccc(Br)c3)ccc21. The molecule has 0 bridgehead atoms. The van der Waals surface area contributed by atoms with Crippen molar-refractivity contribution in [1.29, 1.82) is 0 Å². The standard InChI is InChI=1S/C21H19BrN2O4/c1-2-8-24-12-16(11-23-28-14-21(25)26)19-10-18(6-7-20(19)24)27-13-15-4-3-5-17(22)9-15/h2-7,9-12H,1,8,13-14H2,(H,25,26). The first-order chi connectivity index (χ1) is 13.6. The van der Waals surface area contributed by atoms with Gasteiger partial charge in [0, 0.05) is 33.7 Å². The number of benzene rings is 2. The van der Waals surface area contributed by atoms with Crippen molar-refractivity contribution in [3.8, 4) is 5.75 Å². The summed E-state index contributed by atoms with van der Waals surface area (Å²) in [5.41, 5.74) is 2.85. The highest BCUT2D eigenvalue weighted by Gasteiger charge is 2.09. The Bertz CT molecular complexity index is 1030. The molecule has 7 heteroatoms. The van der Waals surface area contributed by atoms with Gasteiger partial charge < -0.3 is 19.2 Å². The number of allylic oxidation sites excluding steroid dienone is 1. The predicted molar refractivity (Wildman–Crippen MR) is 112 cm³/mol. The molecule has 0 atom stereocenters. The highest BCUT2D eigenvalue weighted by atomic mass is 79.9. The average Bonchev–Trinajstić information content (AvgIpc) is 3.01. The van der Waals surface area contributed by atoms with E-state index in [-0.39, 0.29) is 0 Å². The maximum absolute atomic E-state index is 10.5. The first-order valence-corrected chi connectivity index (χ1v) is 9.34. The van der Waals surface area contributed by atoms with Gasteiger partial charge in [0.25, 0.3) is 0 Å². The Morgan fingerprint density at radius 3 is 2.89 bits per heavy atom. The number of carboxylic acid groups (broad SMARTS) is 1. The van der Waals surface area contributed by atoms with Crippen LogP contribution in [0.15, 0.2) is 70.9 Å². The summed E-state index contributed by atoms with van der Waals surface area (Å²) in [5, 5.41) is 13.3. The molecule has 2 aromatic carbocycles. The van der Waals surface area contributed by atoms with Gasteiger partial charge in [0.15, 0.2) is 0 Å². The monoisotopic (exact) mass is 442 g/mol. The van der Waals surface area contributed by atoms with Gasteiger partial charge in [0.1, 0.15) is 12.4 Å². The number of hydrogen-bond donors (Lipinski definition) is 1. The van der Waals surface area contributed by atoms with Gasteiger partial charge in [-0.3, -0.25) is 0 Å². The molecule has 3 aromatic rings. The molecular weight excluding hydrogens is 424 g/mol. The Hall–Kier alpha value is -3.06. The van der Waals surface area contributed by atoms with Crippen molar-refractivity contribution in [2.24, 2.45) is 5.16 Å². The van der Waals surface area contributed by atoms with Crippen LogP contribution < -0.4 is 4.74 Å². The number of aromatic nitrogens is 1. The maximum Gasteiger partial charge on any atom is 0.344 e. The second kappa shape index (κ2) is 9.23. The van der Waals surface area contributed by atoms with Crippen LogP contribution in [0.3, 0.4) is 0 Å². The number of carboxylic acids is 1. The fourth-order valence-corrected chi connectivity index (χ4v) is 3.21. The Kier molecular flexibility index (Phi) is 6.49. The lowest BCUT2D eigenvalue weighted by Gasteiger charge is -2.08. The lowest BCUT2D eigenvalue weighted by molar-refractivity contribution is -0.142. The number of nitrogens with zero attached hydrogens (tertiary/aromatic N) is 2. The molecule has 1 heterocycles. The zero-order valence-corrected chi connectivity index (χ0v) is 16.6. The molecule has 0 radical (unpaired) electrons. The Morgan fingerprint density at radius 1 is 1.29 bits per heavy atom. The van der Waals surface area contributed by atoms with Gasteiger partial charge in [-0.1, -0.05) is 39.3 Å². The number of rotatable bonds is 9. The Morgan fingerprint density at radius 2 is 2.14 bits per heavy atom. The van der Waals surface area contributed by atoms with E-state index in [0.717, 1.165) is 32.3 Å². The summed E-state index contributed by atoms with van der Waals surface area (Å²) in [7, 11) is 0. The number of oxime groups is 1. The molecule has 144 valence electrons. The molecule has 0 aliphatic heterocycles. The minimum atomic E-state index is -1.07. The van der Waals surface area contributed by atoms with Crippen LogP contribution in [0.25, 0.3) is 10.9 Å². The van der Waals surface area contributed by atoms with Gasteiger partial charge in [-0.25, -0.2) is 4.79 Å². The van der Waals surface area contributed by atoms with E-state index >= 15 is 0 Å². The largest absolute Gasteiger partial charge is 0.489 e. The topological polar surface area (TPSA) is 73.1 Å². The van der Waals surface area contributed by atoms with Gasteiger partial charge in [0.2, 0.25) is 6.61 Å². The summed E-state index contributed by atoms with van der Waals surface area (Å²) in [5.74, 6) is -0.348. The summed E-state index contributed by atoms with van der Waals surface area (Å²) in [6, 6.07) is 13.8. The third-order valence-electron chi connectivity index (χ3n) is 3.96. The molecule has 0 saturated carbocycles. The number of carbonyl (C=O) groups is 1. The quantitative estimate of drug-likeness (QED) is 0.298. The lowest BCUT2D eigenvalue weighted by Crippen LogP contribution is -2.03. The lowest BCUT2D eigenvalue weighted by atomic mass is 10.2. The highest BCUT2D eigenvalue weighted by Crippen LogP contribution is 2.26. The van der Waals surface area contributed by atoms with Crippen LogP contribution in [-0.4, -0.2) is 28.5 Å². The first-order valence-electron chi connectivity index (χ1n) is 8.55. The summed E-state index contributed by atoms with van der Waals surface area (Å²) in [4.78, 5) is 15.3. The third kappa shape index (κ3) is 5.01. The molecule has 0 aliphatic carbocycles. The van der Waals surface area contributed by atoms with E-state index in [1.807, 2.05) is 53.2 Å². The van der Waals surface area contributed by atoms with E-state index in [2.05, 4.69) is 27.7 Å². The fourth-order valence-electron chi connectivity index (χ4n) is 2.77. The Labute approximate surface area is 170 Å². The molecule has 3 rings (SSSR count). The van der Waals surface area contributed by atoms with E-state index in [1.54, 1.807) is 6.08 Å². The molecule has 0 fully saturated rings. The molecule has 6 nitrogen and oxygen atoms in total.